The van der Waals surface area contributed by atoms with E-state index in [1.54, 1.807) is 12.1 Å². The average molecular weight is 253 g/mol. The molecule has 5 heteroatoms. The third-order valence-corrected chi connectivity index (χ3v) is 2.60. The highest BCUT2D eigenvalue weighted by atomic mass is 35.5. The van der Waals surface area contributed by atoms with Crippen LogP contribution in [0.25, 0.3) is 0 Å². The number of nitrogens with zero attached hydrogens (tertiary/aromatic N) is 1. The molecule has 0 atom stereocenters. The molecule has 0 bridgehead atoms. The maximum atomic E-state index is 11.6. The minimum absolute atomic E-state index is 0.214. The van der Waals surface area contributed by atoms with Crippen molar-refractivity contribution in [3.63, 3.8) is 0 Å². The Morgan fingerprint density at radius 1 is 1.35 bits per heavy atom. The lowest BCUT2D eigenvalue weighted by molar-refractivity contribution is 0.0923. The predicted octanol–water partition coefficient (Wildman–Crippen LogP) is 2.25. The fourth-order valence-corrected chi connectivity index (χ4v) is 1.62. The zero-order valence-electron chi connectivity index (χ0n) is 9.23. The minimum atomic E-state index is -0.214. The number of rotatable bonds is 5. The van der Waals surface area contributed by atoms with E-state index in [1.165, 1.54) is 0 Å². The topological polar surface area (TPSA) is 47.2 Å². The highest BCUT2D eigenvalue weighted by Gasteiger charge is 2.09. The normalized spacial score (nSPS) is 10.4. The molecule has 0 spiro atoms. The second-order valence-electron chi connectivity index (χ2n) is 3.58. The van der Waals surface area contributed by atoms with Crippen LogP contribution in [0.5, 0.6) is 0 Å². The molecular formula is C12H13ClN2O2. The smallest absolute Gasteiger partial charge is 0.287 e. The van der Waals surface area contributed by atoms with Gasteiger partial charge in [0.2, 0.25) is 0 Å². The first-order valence-electron chi connectivity index (χ1n) is 5.33. The van der Waals surface area contributed by atoms with Gasteiger partial charge in [0.1, 0.15) is 5.76 Å². The van der Waals surface area contributed by atoms with Crippen LogP contribution < -0.4 is 5.32 Å². The molecule has 4 nitrogen and oxygen atoms in total. The molecule has 0 aromatic carbocycles. The zero-order valence-corrected chi connectivity index (χ0v) is 9.98. The summed E-state index contributed by atoms with van der Waals surface area (Å²) in [6.07, 6.45) is 3.90. The van der Waals surface area contributed by atoms with Gasteiger partial charge in [-0.05, 0) is 24.3 Å². The molecule has 0 aliphatic rings. The first-order chi connectivity index (χ1) is 8.29. The molecule has 0 fully saturated rings. The van der Waals surface area contributed by atoms with Gasteiger partial charge in [-0.2, -0.15) is 0 Å². The summed E-state index contributed by atoms with van der Waals surface area (Å²) in [6, 6.07) is 7.22. The molecule has 0 aliphatic carbocycles. The van der Waals surface area contributed by atoms with Crippen LogP contribution in [0.1, 0.15) is 16.3 Å². The van der Waals surface area contributed by atoms with Gasteiger partial charge in [0.05, 0.1) is 5.88 Å². The quantitative estimate of drug-likeness (QED) is 0.830. The summed E-state index contributed by atoms with van der Waals surface area (Å²) < 4.78 is 7.22. The van der Waals surface area contributed by atoms with Gasteiger partial charge in [-0.15, -0.1) is 11.6 Å². The Bertz CT molecular complexity index is 476. The number of hydrogen-bond donors (Lipinski definition) is 1. The molecule has 1 amide bonds. The molecular weight excluding hydrogens is 240 g/mol. The van der Waals surface area contributed by atoms with Gasteiger partial charge in [0, 0.05) is 25.5 Å². The molecule has 2 rings (SSSR count). The van der Waals surface area contributed by atoms with Gasteiger partial charge < -0.3 is 14.3 Å². The number of carbonyl (C=O) groups excluding carboxylic acids is 1. The van der Waals surface area contributed by atoms with E-state index in [0.717, 1.165) is 6.54 Å². The second-order valence-corrected chi connectivity index (χ2v) is 3.84. The average Bonchev–Trinajstić information content (AvgIpc) is 2.99. The van der Waals surface area contributed by atoms with E-state index in [0.29, 0.717) is 18.1 Å². The lowest BCUT2D eigenvalue weighted by atomic mass is 10.4. The largest absolute Gasteiger partial charge is 0.455 e. The Hall–Kier alpha value is -1.68. The maximum Gasteiger partial charge on any atom is 0.287 e. The van der Waals surface area contributed by atoms with Gasteiger partial charge in [-0.3, -0.25) is 4.79 Å². The molecule has 0 aliphatic heterocycles. The molecule has 2 aromatic rings. The van der Waals surface area contributed by atoms with Crippen LogP contribution in [0.4, 0.5) is 0 Å². The van der Waals surface area contributed by atoms with Crippen molar-refractivity contribution in [3.8, 4) is 0 Å². The fourth-order valence-electron chi connectivity index (χ4n) is 1.48. The van der Waals surface area contributed by atoms with Crippen molar-refractivity contribution in [1.82, 2.24) is 9.88 Å². The predicted molar refractivity (Wildman–Crippen MR) is 65.0 cm³/mol. The van der Waals surface area contributed by atoms with Crippen molar-refractivity contribution in [2.75, 3.05) is 6.54 Å². The van der Waals surface area contributed by atoms with Crippen LogP contribution in [0.3, 0.4) is 0 Å². The van der Waals surface area contributed by atoms with Crippen molar-refractivity contribution >= 4 is 17.5 Å². The molecule has 17 heavy (non-hydrogen) atoms. The monoisotopic (exact) mass is 252 g/mol. The summed E-state index contributed by atoms with van der Waals surface area (Å²) in [5.41, 5.74) is 0. The van der Waals surface area contributed by atoms with Gasteiger partial charge >= 0.3 is 0 Å². The molecule has 2 aromatic heterocycles. The van der Waals surface area contributed by atoms with Gasteiger partial charge in [-0.1, -0.05) is 0 Å². The second kappa shape index (κ2) is 5.59. The lowest BCUT2D eigenvalue weighted by Crippen LogP contribution is -2.26. The van der Waals surface area contributed by atoms with Crippen LogP contribution in [-0.2, 0) is 12.4 Å². The number of halogens is 1. The van der Waals surface area contributed by atoms with Crippen LogP contribution in [0, 0.1) is 0 Å². The van der Waals surface area contributed by atoms with Crippen molar-refractivity contribution < 1.29 is 9.21 Å². The highest BCUT2D eigenvalue weighted by molar-refractivity contribution is 6.16. The standard InChI is InChI=1S/C12H13ClN2O2/c13-9-10-3-4-11(17-10)12(16)14-5-8-15-6-1-2-7-15/h1-4,6-7H,5,8-9H2,(H,14,16). The van der Waals surface area contributed by atoms with E-state index in [4.69, 9.17) is 16.0 Å². The van der Waals surface area contributed by atoms with E-state index in [1.807, 2.05) is 29.1 Å². The Labute approximate surface area is 104 Å². The van der Waals surface area contributed by atoms with Crippen molar-refractivity contribution in [2.24, 2.45) is 0 Å². The summed E-state index contributed by atoms with van der Waals surface area (Å²) >= 11 is 5.59. The molecule has 0 radical (unpaired) electrons. The number of nitrogens with one attached hydrogen (secondary N) is 1. The summed E-state index contributed by atoms with van der Waals surface area (Å²) in [5, 5.41) is 2.78. The summed E-state index contributed by atoms with van der Waals surface area (Å²) in [6.45, 7) is 1.30. The number of alkyl halides is 1. The summed E-state index contributed by atoms with van der Waals surface area (Å²) in [4.78, 5) is 11.6. The Morgan fingerprint density at radius 2 is 2.12 bits per heavy atom. The molecule has 2 heterocycles. The third kappa shape index (κ3) is 3.14. The molecule has 0 saturated carbocycles. The number of hydrogen-bond acceptors (Lipinski definition) is 2. The van der Waals surface area contributed by atoms with Crippen molar-refractivity contribution in [2.45, 2.75) is 12.4 Å². The van der Waals surface area contributed by atoms with Crippen LogP contribution in [0.2, 0.25) is 0 Å². The number of furan rings is 1. The van der Waals surface area contributed by atoms with Gasteiger partial charge in [0.15, 0.2) is 5.76 Å². The van der Waals surface area contributed by atoms with E-state index < -0.39 is 0 Å². The summed E-state index contributed by atoms with van der Waals surface area (Å²) in [5.74, 6) is 0.959. The molecule has 90 valence electrons. The Morgan fingerprint density at radius 3 is 2.76 bits per heavy atom. The first kappa shape index (κ1) is 11.8. The number of amides is 1. The highest BCUT2D eigenvalue weighted by Crippen LogP contribution is 2.09. The Kier molecular flexibility index (Phi) is 3.88. The van der Waals surface area contributed by atoms with Gasteiger partial charge in [0.25, 0.3) is 5.91 Å². The molecule has 0 unspecified atom stereocenters. The van der Waals surface area contributed by atoms with Crippen molar-refractivity contribution in [1.29, 1.82) is 0 Å². The van der Waals surface area contributed by atoms with E-state index >= 15 is 0 Å². The number of aromatic nitrogens is 1. The van der Waals surface area contributed by atoms with Crippen LogP contribution >= 0.6 is 11.6 Å². The van der Waals surface area contributed by atoms with E-state index in [-0.39, 0.29) is 11.8 Å². The Balaban J connectivity index is 1.81. The van der Waals surface area contributed by atoms with E-state index in [9.17, 15) is 4.79 Å². The maximum absolute atomic E-state index is 11.6. The summed E-state index contributed by atoms with van der Waals surface area (Å²) in [7, 11) is 0. The zero-order chi connectivity index (χ0) is 12.1. The van der Waals surface area contributed by atoms with Crippen LogP contribution in [0.15, 0.2) is 41.1 Å². The third-order valence-electron chi connectivity index (χ3n) is 2.34. The molecule has 0 saturated heterocycles. The van der Waals surface area contributed by atoms with Crippen LogP contribution in [-0.4, -0.2) is 17.0 Å². The SMILES string of the molecule is O=C(NCCn1cccc1)c1ccc(CCl)o1. The van der Waals surface area contributed by atoms with Gasteiger partial charge in [-0.25, -0.2) is 0 Å². The minimum Gasteiger partial charge on any atom is -0.455 e. The fraction of sp³-hybridized carbons (Fsp3) is 0.250. The van der Waals surface area contributed by atoms with E-state index in [2.05, 4.69) is 5.32 Å². The molecule has 1 N–H and O–H groups in total. The lowest BCUT2D eigenvalue weighted by Gasteiger charge is -2.04. The first-order valence-corrected chi connectivity index (χ1v) is 5.86. The number of carbonyl (C=O) groups is 1. The van der Waals surface area contributed by atoms with Crippen molar-refractivity contribution in [3.05, 3.63) is 48.2 Å².